The van der Waals surface area contributed by atoms with Gasteiger partial charge in [0.25, 0.3) is 0 Å². The molecule has 0 aliphatic heterocycles. The summed E-state index contributed by atoms with van der Waals surface area (Å²) in [6, 6.07) is 0. The zero-order chi connectivity index (χ0) is 11.9. The normalized spacial score (nSPS) is 24.1. The van der Waals surface area contributed by atoms with Crippen LogP contribution in [0.25, 0.3) is 0 Å². The van der Waals surface area contributed by atoms with Crippen LogP contribution in [0.2, 0.25) is 0 Å². The summed E-state index contributed by atoms with van der Waals surface area (Å²) >= 11 is 3.61. The Bertz CT molecular complexity index is 386. The number of aryl methyl sites for hydroxylation is 2. The van der Waals surface area contributed by atoms with E-state index in [1.807, 2.05) is 18.7 Å². The van der Waals surface area contributed by atoms with Crippen molar-refractivity contribution < 1.29 is 0 Å². The Labute approximate surface area is 106 Å². The van der Waals surface area contributed by atoms with E-state index in [2.05, 4.69) is 39.9 Å². The molecular weight excluding hydrogens is 266 g/mol. The molecule has 3 nitrogen and oxygen atoms in total. The number of rotatable bonds is 4. The highest BCUT2D eigenvalue weighted by Gasteiger charge is 2.33. The molecule has 1 aromatic heterocycles. The number of nitrogens with zero attached hydrogens (tertiary/aromatic N) is 3. The van der Waals surface area contributed by atoms with Crippen LogP contribution >= 0.6 is 15.9 Å². The first-order valence-electron chi connectivity index (χ1n) is 5.85. The molecule has 1 aliphatic rings. The molecule has 2 rings (SSSR count). The molecule has 0 N–H and O–H groups in total. The van der Waals surface area contributed by atoms with Crippen LogP contribution in [0.15, 0.2) is 4.47 Å². The summed E-state index contributed by atoms with van der Waals surface area (Å²) < 4.78 is 3.14. The van der Waals surface area contributed by atoms with Crippen molar-refractivity contribution in [3.8, 4) is 0 Å². The number of hydrogen-bond donors (Lipinski definition) is 0. The lowest BCUT2D eigenvalue weighted by molar-refractivity contribution is 0.298. The minimum Gasteiger partial charge on any atom is -0.300 e. The van der Waals surface area contributed by atoms with Gasteiger partial charge in [0.2, 0.25) is 0 Å². The first-order chi connectivity index (χ1) is 7.49. The van der Waals surface area contributed by atoms with Gasteiger partial charge >= 0.3 is 0 Å². The van der Waals surface area contributed by atoms with Crippen LogP contribution < -0.4 is 0 Å². The minimum absolute atomic E-state index is 0.915. The highest BCUT2D eigenvalue weighted by atomic mass is 79.9. The fourth-order valence-corrected chi connectivity index (χ4v) is 2.69. The number of hydrogen-bond acceptors (Lipinski definition) is 2. The average molecular weight is 286 g/mol. The van der Waals surface area contributed by atoms with Crippen LogP contribution in [0, 0.1) is 18.8 Å². The summed E-state index contributed by atoms with van der Waals surface area (Å²) in [7, 11) is 4.21. The topological polar surface area (TPSA) is 21.1 Å². The van der Waals surface area contributed by atoms with E-state index in [-0.39, 0.29) is 0 Å². The van der Waals surface area contributed by atoms with Crippen molar-refractivity contribution in [1.82, 2.24) is 14.7 Å². The van der Waals surface area contributed by atoms with Crippen molar-refractivity contribution in [2.24, 2.45) is 18.9 Å². The second kappa shape index (κ2) is 4.49. The summed E-state index contributed by atoms with van der Waals surface area (Å²) in [5.74, 6) is 1.84. The third-order valence-electron chi connectivity index (χ3n) is 3.50. The van der Waals surface area contributed by atoms with Crippen LogP contribution in [0.1, 0.15) is 24.7 Å². The fraction of sp³-hybridized carbons (Fsp3) is 0.750. The minimum atomic E-state index is 0.915. The van der Waals surface area contributed by atoms with Crippen molar-refractivity contribution in [3.05, 3.63) is 15.9 Å². The standard InChI is InChI=1S/C12H20BrN3/c1-8-5-10(8)6-15(3)7-11-12(13)9(2)14-16(11)4/h8,10H,5-7H2,1-4H3. The van der Waals surface area contributed by atoms with E-state index < -0.39 is 0 Å². The van der Waals surface area contributed by atoms with Crippen LogP contribution in [0.4, 0.5) is 0 Å². The van der Waals surface area contributed by atoms with E-state index in [0.29, 0.717) is 0 Å². The lowest BCUT2D eigenvalue weighted by Gasteiger charge is -2.16. The van der Waals surface area contributed by atoms with Gasteiger partial charge < -0.3 is 4.90 Å². The molecule has 1 saturated carbocycles. The summed E-state index contributed by atoms with van der Waals surface area (Å²) in [6.07, 6.45) is 1.40. The van der Waals surface area contributed by atoms with Crippen molar-refractivity contribution in [3.63, 3.8) is 0 Å². The van der Waals surface area contributed by atoms with Gasteiger partial charge in [-0.2, -0.15) is 5.10 Å². The zero-order valence-electron chi connectivity index (χ0n) is 10.5. The molecule has 2 unspecified atom stereocenters. The van der Waals surface area contributed by atoms with Gasteiger partial charge in [-0.3, -0.25) is 4.68 Å². The fourth-order valence-electron chi connectivity index (χ4n) is 2.23. The third kappa shape index (κ3) is 2.48. The highest BCUT2D eigenvalue weighted by Crippen LogP contribution is 2.38. The predicted molar refractivity (Wildman–Crippen MR) is 69.3 cm³/mol. The molecule has 0 spiro atoms. The van der Waals surface area contributed by atoms with E-state index in [4.69, 9.17) is 0 Å². The Hall–Kier alpha value is -0.350. The molecule has 16 heavy (non-hydrogen) atoms. The van der Waals surface area contributed by atoms with Crippen molar-refractivity contribution in [2.45, 2.75) is 26.8 Å². The smallest absolute Gasteiger partial charge is 0.0739 e. The SMILES string of the molecule is Cc1nn(C)c(CN(C)CC2CC2C)c1Br. The van der Waals surface area contributed by atoms with Gasteiger partial charge in [-0.25, -0.2) is 0 Å². The Morgan fingerprint density at radius 1 is 1.56 bits per heavy atom. The Morgan fingerprint density at radius 3 is 2.62 bits per heavy atom. The first kappa shape index (κ1) is 12.1. The van der Waals surface area contributed by atoms with Crippen molar-refractivity contribution >= 4 is 15.9 Å². The van der Waals surface area contributed by atoms with Crippen molar-refractivity contribution in [2.75, 3.05) is 13.6 Å². The summed E-state index contributed by atoms with van der Waals surface area (Å²) in [4.78, 5) is 2.40. The van der Waals surface area contributed by atoms with Crippen molar-refractivity contribution in [1.29, 1.82) is 0 Å². The monoisotopic (exact) mass is 285 g/mol. The van der Waals surface area contributed by atoms with Crippen LogP contribution in [0.3, 0.4) is 0 Å². The van der Waals surface area contributed by atoms with E-state index in [1.54, 1.807) is 0 Å². The lowest BCUT2D eigenvalue weighted by atomic mass is 10.3. The second-order valence-electron chi connectivity index (χ2n) is 5.14. The molecule has 90 valence electrons. The highest BCUT2D eigenvalue weighted by molar-refractivity contribution is 9.10. The van der Waals surface area contributed by atoms with Crippen LogP contribution in [0.5, 0.6) is 0 Å². The quantitative estimate of drug-likeness (QED) is 0.848. The van der Waals surface area contributed by atoms with E-state index in [0.717, 1.165) is 28.5 Å². The van der Waals surface area contributed by atoms with Gasteiger partial charge in [-0.15, -0.1) is 0 Å². The largest absolute Gasteiger partial charge is 0.300 e. The van der Waals surface area contributed by atoms with E-state index >= 15 is 0 Å². The molecule has 0 radical (unpaired) electrons. The molecule has 0 amide bonds. The maximum absolute atomic E-state index is 4.42. The lowest BCUT2D eigenvalue weighted by Crippen LogP contribution is -2.22. The van der Waals surface area contributed by atoms with Gasteiger partial charge in [-0.1, -0.05) is 6.92 Å². The zero-order valence-corrected chi connectivity index (χ0v) is 12.1. The van der Waals surface area contributed by atoms with Crippen LogP contribution in [-0.4, -0.2) is 28.3 Å². The number of aromatic nitrogens is 2. The molecule has 1 heterocycles. The third-order valence-corrected chi connectivity index (χ3v) is 4.54. The Morgan fingerprint density at radius 2 is 2.19 bits per heavy atom. The molecule has 2 atom stereocenters. The molecule has 0 bridgehead atoms. The Balaban J connectivity index is 1.97. The van der Waals surface area contributed by atoms with Gasteiger partial charge in [0.1, 0.15) is 0 Å². The summed E-state index contributed by atoms with van der Waals surface area (Å²) in [5.41, 5.74) is 2.35. The maximum Gasteiger partial charge on any atom is 0.0739 e. The first-order valence-corrected chi connectivity index (χ1v) is 6.65. The molecule has 1 fully saturated rings. The second-order valence-corrected chi connectivity index (χ2v) is 5.93. The maximum atomic E-state index is 4.42. The molecule has 1 aromatic rings. The van der Waals surface area contributed by atoms with E-state index in [9.17, 15) is 0 Å². The van der Waals surface area contributed by atoms with E-state index in [1.165, 1.54) is 18.7 Å². The predicted octanol–water partition coefficient (Wildman–Crippen LogP) is 2.58. The van der Waals surface area contributed by atoms with Gasteiger partial charge in [0, 0.05) is 20.1 Å². The van der Waals surface area contributed by atoms with Gasteiger partial charge in [0.05, 0.1) is 15.9 Å². The average Bonchev–Trinajstić information content (AvgIpc) is 2.83. The number of halogens is 1. The molecule has 0 aromatic carbocycles. The van der Waals surface area contributed by atoms with Gasteiger partial charge in [0.15, 0.2) is 0 Å². The molecule has 4 heteroatoms. The molecular formula is C12H20BrN3. The Kier molecular flexibility index (Phi) is 3.40. The molecule has 0 saturated heterocycles. The molecule has 1 aliphatic carbocycles. The van der Waals surface area contributed by atoms with Gasteiger partial charge in [-0.05, 0) is 48.2 Å². The summed E-state index contributed by atoms with van der Waals surface area (Å²) in [6.45, 7) is 6.55. The van der Waals surface area contributed by atoms with Crippen LogP contribution in [-0.2, 0) is 13.6 Å². The summed E-state index contributed by atoms with van der Waals surface area (Å²) in [5, 5.41) is 4.42.